The van der Waals surface area contributed by atoms with Gasteiger partial charge in [-0.25, -0.2) is 14.8 Å². The van der Waals surface area contributed by atoms with Crippen molar-refractivity contribution in [3.05, 3.63) is 58.9 Å². The zero-order valence-corrected chi connectivity index (χ0v) is 13.6. The topological polar surface area (TPSA) is 112 Å². The third kappa shape index (κ3) is 3.25. The van der Waals surface area contributed by atoms with Crippen LogP contribution < -0.4 is 5.32 Å². The molecule has 1 amide bonds. The van der Waals surface area contributed by atoms with Crippen LogP contribution in [-0.2, 0) is 0 Å². The van der Waals surface area contributed by atoms with Crippen molar-refractivity contribution in [2.24, 2.45) is 0 Å². The predicted octanol–water partition coefficient (Wildman–Crippen LogP) is 2.90. The summed E-state index contributed by atoms with van der Waals surface area (Å²) in [5.74, 6) is -1.85. The van der Waals surface area contributed by atoms with E-state index in [1.165, 1.54) is 18.2 Å². The number of hydrogen-bond donors (Lipinski definition) is 3. The van der Waals surface area contributed by atoms with Crippen LogP contribution in [0.25, 0.3) is 11.0 Å². The Bertz CT molecular complexity index is 1010. The molecule has 0 spiro atoms. The number of anilines is 1. The predicted molar refractivity (Wildman–Crippen MR) is 92.0 cm³/mol. The molecule has 1 aromatic heterocycles. The minimum absolute atomic E-state index is 0.0242. The van der Waals surface area contributed by atoms with Crippen molar-refractivity contribution in [3.63, 3.8) is 0 Å². The highest BCUT2D eigenvalue weighted by molar-refractivity contribution is 6.07. The number of nitrogens with one attached hydrogen (secondary N) is 1. The maximum atomic E-state index is 12.4. The van der Waals surface area contributed by atoms with E-state index in [2.05, 4.69) is 15.3 Å². The highest BCUT2D eigenvalue weighted by Crippen LogP contribution is 2.25. The second kappa shape index (κ2) is 6.20. The Labute approximate surface area is 143 Å². The summed E-state index contributed by atoms with van der Waals surface area (Å²) in [6.45, 7) is 3.70. The number of amides is 1. The molecule has 0 aliphatic carbocycles. The van der Waals surface area contributed by atoms with Crippen molar-refractivity contribution in [1.82, 2.24) is 9.97 Å². The molecule has 7 nitrogen and oxygen atoms in total. The van der Waals surface area contributed by atoms with Gasteiger partial charge in [0.25, 0.3) is 5.91 Å². The minimum atomic E-state index is -1.15. The number of carbonyl (C=O) groups is 2. The first kappa shape index (κ1) is 16.4. The molecule has 0 fully saturated rings. The van der Waals surface area contributed by atoms with Crippen LogP contribution in [0, 0.1) is 13.8 Å². The van der Waals surface area contributed by atoms with Crippen molar-refractivity contribution in [1.29, 1.82) is 0 Å². The molecular weight excluding hydrogens is 322 g/mol. The lowest BCUT2D eigenvalue weighted by molar-refractivity contribution is 0.0696. The van der Waals surface area contributed by atoms with Gasteiger partial charge in [-0.1, -0.05) is 0 Å². The fourth-order valence-electron chi connectivity index (χ4n) is 2.34. The van der Waals surface area contributed by atoms with Gasteiger partial charge in [0.2, 0.25) is 0 Å². The Balaban J connectivity index is 1.93. The van der Waals surface area contributed by atoms with Crippen molar-refractivity contribution in [3.8, 4) is 5.75 Å². The number of aryl methyl sites for hydroxylation is 2. The number of aromatic nitrogens is 2. The molecule has 0 aliphatic heterocycles. The number of carboxylic acid groups (broad SMARTS) is 1. The summed E-state index contributed by atoms with van der Waals surface area (Å²) in [5.41, 5.74) is 3.16. The standard InChI is InChI=1S/C18H15N3O4/c1-9-10(2)20-14-7-11(3-5-13(14)19-9)17(23)21-15-8-12(18(24)25)4-6-16(15)22/h3-8,22H,1-2H3,(H,21,23)(H,24,25). The first-order chi connectivity index (χ1) is 11.8. The van der Waals surface area contributed by atoms with Gasteiger partial charge in [0.15, 0.2) is 0 Å². The first-order valence-corrected chi connectivity index (χ1v) is 7.48. The number of benzene rings is 2. The zero-order valence-electron chi connectivity index (χ0n) is 13.6. The average molecular weight is 337 g/mol. The Hall–Kier alpha value is -3.48. The van der Waals surface area contributed by atoms with Crippen LogP contribution in [-0.4, -0.2) is 32.1 Å². The van der Waals surface area contributed by atoms with Gasteiger partial charge >= 0.3 is 5.97 Å². The maximum absolute atomic E-state index is 12.4. The second-order valence-corrected chi connectivity index (χ2v) is 5.59. The summed E-state index contributed by atoms with van der Waals surface area (Å²) in [4.78, 5) is 32.3. The summed E-state index contributed by atoms with van der Waals surface area (Å²) in [6.07, 6.45) is 0. The average Bonchev–Trinajstić information content (AvgIpc) is 2.57. The van der Waals surface area contributed by atoms with Crippen LogP contribution >= 0.6 is 0 Å². The number of rotatable bonds is 3. The Morgan fingerprint density at radius 2 is 1.56 bits per heavy atom. The van der Waals surface area contributed by atoms with E-state index in [1.807, 2.05) is 13.8 Å². The van der Waals surface area contributed by atoms with E-state index in [9.17, 15) is 14.7 Å². The van der Waals surface area contributed by atoms with Crippen LogP contribution in [0.15, 0.2) is 36.4 Å². The molecule has 126 valence electrons. The number of nitrogens with zero attached hydrogens (tertiary/aromatic N) is 2. The quantitative estimate of drug-likeness (QED) is 0.634. The Morgan fingerprint density at radius 3 is 2.24 bits per heavy atom. The summed E-state index contributed by atoms with van der Waals surface area (Å²) < 4.78 is 0. The molecule has 0 unspecified atom stereocenters. The maximum Gasteiger partial charge on any atom is 0.335 e. The van der Waals surface area contributed by atoms with Gasteiger partial charge < -0.3 is 15.5 Å². The van der Waals surface area contributed by atoms with E-state index in [1.54, 1.807) is 18.2 Å². The minimum Gasteiger partial charge on any atom is -0.506 e. The monoisotopic (exact) mass is 337 g/mol. The molecule has 1 heterocycles. The van der Waals surface area contributed by atoms with E-state index in [-0.39, 0.29) is 17.0 Å². The lowest BCUT2D eigenvalue weighted by Crippen LogP contribution is -2.13. The molecule has 0 bridgehead atoms. The lowest BCUT2D eigenvalue weighted by atomic mass is 10.1. The molecule has 0 aliphatic rings. The number of carboxylic acids is 1. The Morgan fingerprint density at radius 1 is 0.920 bits per heavy atom. The largest absolute Gasteiger partial charge is 0.506 e. The molecule has 25 heavy (non-hydrogen) atoms. The van der Waals surface area contributed by atoms with Gasteiger partial charge in [0.05, 0.1) is 33.7 Å². The SMILES string of the molecule is Cc1nc2ccc(C(=O)Nc3cc(C(=O)O)ccc3O)cc2nc1C. The second-order valence-electron chi connectivity index (χ2n) is 5.59. The van der Waals surface area contributed by atoms with Gasteiger partial charge in [-0.2, -0.15) is 0 Å². The molecule has 3 N–H and O–H groups in total. The van der Waals surface area contributed by atoms with Crippen molar-refractivity contribution in [2.45, 2.75) is 13.8 Å². The van der Waals surface area contributed by atoms with Gasteiger partial charge in [0, 0.05) is 5.56 Å². The van der Waals surface area contributed by atoms with E-state index in [0.717, 1.165) is 11.4 Å². The molecule has 0 saturated carbocycles. The first-order valence-electron chi connectivity index (χ1n) is 7.48. The number of phenolic OH excluding ortho intramolecular Hbond substituents is 1. The fourth-order valence-corrected chi connectivity index (χ4v) is 2.34. The molecule has 0 saturated heterocycles. The summed E-state index contributed by atoms with van der Waals surface area (Å²) in [5, 5.41) is 21.3. The van der Waals surface area contributed by atoms with Crippen LogP contribution in [0.3, 0.4) is 0 Å². The number of aromatic carboxylic acids is 1. The normalized spacial score (nSPS) is 10.6. The number of phenols is 1. The van der Waals surface area contributed by atoms with E-state index < -0.39 is 11.9 Å². The number of fused-ring (bicyclic) bond motifs is 1. The van der Waals surface area contributed by atoms with Crippen molar-refractivity contribution < 1.29 is 19.8 Å². The zero-order chi connectivity index (χ0) is 18.1. The summed E-state index contributed by atoms with van der Waals surface area (Å²) in [6, 6.07) is 8.56. The van der Waals surface area contributed by atoms with Crippen LogP contribution in [0.5, 0.6) is 5.75 Å². The fraction of sp³-hybridized carbons (Fsp3) is 0.111. The molecular formula is C18H15N3O4. The van der Waals surface area contributed by atoms with Gasteiger partial charge in [0.1, 0.15) is 5.75 Å². The van der Waals surface area contributed by atoms with Crippen LogP contribution in [0.1, 0.15) is 32.1 Å². The number of hydrogen-bond acceptors (Lipinski definition) is 5. The van der Waals surface area contributed by atoms with E-state index in [4.69, 9.17) is 5.11 Å². The smallest absolute Gasteiger partial charge is 0.335 e. The van der Waals surface area contributed by atoms with Crippen molar-refractivity contribution >= 4 is 28.6 Å². The van der Waals surface area contributed by atoms with Gasteiger partial charge in [-0.3, -0.25) is 4.79 Å². The van der Waals surface area contributed by atoms with Crippen LogP contribution in [0.4, 0.5) is 5.69 Å². The highest BCUT2D eigenvalue weighted by atomic mass is 16.4. The van der Waals surface area contributed by atoms with E-state index in [0.29, 0.717) is 16.6 Å². The summed E-state index contributed by atoms with van der Waals surface area (Å²) in [7, 11) is 0. The van der Waals surface area contributed by atoms with Gasteiger partial charge in [-0.05, 0) is 50.2 Å². The highest BCUT2D eigenvalue weighted by Gasteiger charge is 2.13. The molecule has 3 rings (SSSR count). The van der Waals surface area contributed by atoms with Crippen molar-refractivity contribution in [2.75, 3.05) is 5.32 Å². The number of aromatic hydroxyl groups is 1. The molecule has 7 heteroatoms. The number of carbonyl (C=O) groups excluding carboxylic acids is 1. The van der Waals surface area contributed by atoms with Gasteiger partial charge in [-0.15, -0.1) is 0 Å². The third-order valence-electron chi connectivity index (χ3n) is 3.83. The third-order valence-corrected chi connectivity index (χ3v) is 3.83. The molecule has 0 radical (unpaired) electrons. The molecule has 3 aromatic rings. The Kier molecular flexibility index (Phi) is 4.06. The lowest BCUT2D eigenvalue weighted by Gasteiger charge is -2.09. The molecule has 2 aromatic carbocycles. The van der Waals surface area contributed by atoms with E-state index >= 15 is 0 Å². The van der Waals surface area contributed by atoms with Crippen LogP contribution in [0.2, 0.25) is 0 Å². The summed E-state index contributed by atoms with van der Waals surface area (Å²) >= 11 is 0. The molecule has 0 atom stereocenters.